The van der Waals surface area contributed by atoms with Gasteiger partial charge in [0.1, 0.15) is 11.5 Å². The standard InChI is InChI=1S/C18H25N3O3/c1-21(2)15(17-9-6-10-24-17)12-19-13-18(22)20-11-14-7-4-5-8-16(14)23-3/h4-10,15,19H,11-13H2,1-3H3,(H,20,22)/t15-/m1/s1. The number of hydrogen-bond acceptors (Lipinski definition) is 5. The smallest absolute Gasteiger partial charge is 0.234 e. The number of amides is 1. The Morgan fingerprint density at radius 2 is 2.04 bits per heavy atom. The molecule has 0 spiro atoms. The molecule has 6 nitrogen and oxygen atoms in total. The van der Waals surface area contributed by atoms with Gasteiger partial charge in [0.15, 0.2) is 0 Å². The third kappa shape index (κ3) is 5.11. The van der Waals surface area contributed by atoms with E-state index in [0.717, 1.165) is 17.1 Å². The highest BCUT2D eigenvalue weighted by Crippen LogP contribution is 2.18. The molecular weight excluding hydrogens is 306 g/mol. The third-order valence-corrected chi connectivity index (χ3v) is 3.79. The van der Waals surface area contributed by atoms with E-state index in [4.69, 9.17) is 9.15 Å². The number of rotatable bonds is 9. The Hall–Kier alpha value is -2.31. The SMILES string of the molecule is COc1ccccc1CNC(=O)CNC[C@H](c1ccco1)N(C)C. The van der Waals surface area contributed by atoms with Gasteiger partial charge >= 0.3 is 0 Å². The van der Waals surface area contributed by atoms with Crippen LogP contribution in [0.15, 0.2) is 47.1 Å². The van der Waals surface area contributed by atoms with Gasteiger partial charge in [-0.05, 0) is 32.3 Å². The van der Waals surface area contributed by atoms with Crippen molar-refractivity contribution in [2.75, 3.05) is 34.3 Å². The number of furan rings is 1. The summed E-state index contributed by atoms with van der Waals surface area (Å²) in [6, 6.07) is 11.5. The number of para-hydroxylation sites is 1. The quantitative estimate of drug-likeness (QED) is 0.733. The molecule has 1 aromatic heterocycles. The minimum Gasteiger partial charge on any atom is -0.496 e. The van der Waals surface area contributed by atoms with Crippen molar-refractivity contribution in [3.63, 3.8) is 0 Å². The van der Waals surface area contributed by atoms with E-state index in [1.807, 2.05) is 50.5 Å². The Bertz CT molecular complexity index is 626. The van der Waals surface area contributed by atoms with E-state index in [1.165, 1.54) is 0 Å². The fourth-order valence-electron chi connectivity index (χ4n) is 2.45. The van der Waals surface area contributed by atoms with E-state index >= 15 is 0 Å². The van der Waals surface area contributed by atoms with Crippen molar-refractivity contribution in [1.82, 2.24) is 15.5 Å². The van der Waals surface area contributed by atoms with Gasteiger partial charge in [0.25, 0.3) is 0 Å². The van der Waals surface area contributed by atoms with E-state index in [9.17, 15) is 4.79 Å². The summed E-state index contributed by atoms with van der Waals surface area (Å²) >= 11 is 0. The molecule has 1 atom stereocenters. The van der Waals surface area contributed by atoms with Crippen LogP contribution in [0.2, 0.25) is 0 Å². The fraction of sp³-hybridized carbons (Fsp3) is 0.389. The van der Waals surface area contributed by atoms with Crippen LogP contribution >= 0.6 is 0 Å². The molecule has 0 aliphatic rings. The molecule has 1 heterocycles. The molecule has 0 bridgehead atoms. The zero-order valence-corrected chi connectivity index (χ0v) is 14.4. The summed E-state index contributed by atoms with van der Waals surface area (Å²) in [6.07, 6.45) is 1.66. The van der Waals surface area contributed by atoms with Crippen molar-refractivity contribution in [3.05, 3.63) is 54.0 Å². The number of ether oxygens (including phenoxy) is 1. The van der Waals surface area contributed by atoms with Gasteiger partial charge in [-0.25, -0.2) is 0 Å². The van der Waals surface area contributed by atoms with E-state index in [-0.39, 0.29) is 18.5 Å². The molecule has 0 aliphatic heterocycles. The molecule has 0 aliphatic carbocycles. The Morgan fingerprint density at radius 1 is 1.25 bits per heavy atom. The molecule has 0 saturated carbocycles. The topological polar surface area (TPSA) is 66.7 Å². The zero-order valence-electron chi connectivity index (χ0n) is 14.4. The molecule has 24 heavy (non-hydrogen) atoms. The van der Waals surface area contributed by atoms with Crippen LogP contribution in [0.25, 0.3) is 0 Å². The molecule has 1 aromatic carbocycles. The summed E-state index contributed by atoms with van der Waals surface area (Å²) in [6.45, 7) is 1.32. The Kier molecular flexibility index (Phi) is 6.84. The lowest BCUT2D eigenvalue weighted by Crippen LogP contribution is -2.38. The highest BCUT2D eigenvalue weighted by atomic mass is 16.5. The zero-order chi connectivity index (χ0) is 17.4. The number of methoxy groups -OCH3 is 1. The number of likely N-dealkylation sites (N-methyl/N-ethyl adjacent to an activating group) is 1. The van der Waals surface area contributed by atoms with Gasteiger partial charge in [-0.1, -0.05) is 18.2 Å². The Labute approximate surface area is 142 Å². The van der Waals surface area contributed by atoms with Crippen LogP contribution in [0.4, 0.5) is 0 Å². The number of hydrogen-bond donors (Lipinski definition) is 2. The van der Waals surface area contributed by atoms with Gasteiger partial charge in [0.2, 0.25) is 5.91 Å². The number of benzene rings is 1. The number of nitrogens with one attached hydrogen (secondary N) is 2. The minimum absolute atomic E-state index is 0.0575. The molecule has 130 valence electrons. The predicted octanol–water partition coefficient (Wildman–Crippen LogP) is 1.80. The van der Waals surface area contributed by atoms with E-state index in [0.29, 0.717) is 13.1 Å². The first-order valence-electron chi connectivity index (χ1n) is 7.91. The molecular formula is C18H25N3O3. The lowest BCUT2D eigenvalue weighted by Gasteiger charge is -2.22. The minimum atomic E-state index is -0.0575. The van der Waals surface area contributed by atoms with Gasteiger partial charge in [-0.3, -0.25) is 9.69 Å². The van der Waals surface area contributed by atoms with Gasteiger partial charge < -0.3 is 19.8 Å². The van der Waals surface area contributed by atoms with Crippen LogP contribution in [0.3, 0.4) is 0 Å². The van der Waals surface area contributed by atoms with Gasteiger partial charge in [0.05, 0.1) is 26.0 Å². The number of nitrogens with zero attached hydrogens (tertiary/aromatic N) is 1. The maximum absolute atomic E-state index is 12.0. The van der Waals surface area contributed by atoms with Crippen molar-refractivity contribution in [3.8, 4) is 5.75 Å². The molecule has 1 amide bonds. The lowest BCUT2D eigenvalue weighted by atomic mass is 10.2. The van der Waals surface area contributed by atoms with Gasteiger partial charge in [-0.2, -0.15) is 0 Å². The van der Waals surface area contributed by atoms with E-state index < -0.39 is 0 Å². The van der Waals surface area contributed by atoms with Crippen LogP contribution in [0, 0.1) is 0 Å². The van der Waals surface area contributed by atoms with Crippen LogP contribution in [0.1, 0.15) is 17.4 Å². The monoisotopic (exact) mass is 331 g/mol. The summed E-state index contributed by atoms with van der Waals surface area (Å²) in [7, 11) is 5.59. The Balaban J connectivity index is 1.76. The molecule has 0 fully saturated rings. The summed E-state index contributed by atoms with van der Waals surface area (Å²) in [4.78, 5) is 14.1. The fourth-order valence-corrected chi connectivity index (χ4v) is 2.45. The predicted molar refractivity (Wildman–Crippen MR) is 92.8 cm³/mol. The summed E-state index contributed by atoms with van der Waals surface area (Å²) in [5.41, 5.74) is 0.954. The second-order valence-electron chi connectivity index (χ2n) is 5.71. The summed E-state index contributed by atoms with van der Waals surface area (Å²) in [5, 5.41) is 6.07. The summed E-state index contributed by atoms with van der Waals surface area (Å²) in [5.74, 6) is 1.59. The van der Waals surface area contributed by atoms with Crippen molar-refractivity contribution >= 4 is 5.91 Å². The molecule has 0 saturated heterocycles. The number of carbonyl (C=O) groups excluding carboxylic acids is 1. The largest absolute Gasteiger partial charge is 0.496 e. The van der Waals surface area contributed by atoms with Gasteiger partial charge in [0, 0.05) is 18.7 Å². The van der Waals surface area contributed by atoms with Crippen molar-refractivity contribution in [1.29, 1.82) is 0 Å². The molecule has 2 aromatic rings. The van der Waals surface area contributed by atoms with Crippen LogP contribution in [-0.2, 0) is 11.3 Å². The van der Waals surface area contributed by atoms with E-state index in [2.05, 4.69) is 15.5 Å². The van der Waals surface area contributed by atoms with Gasteiger partial charge in [-0.15, -0.1) is 0 Å². The van der Waals surface area contributed by atoms with E-state index in [1.54, 1.807) is 13.4 Å². The highest BCUT2D eigenvalue weighted by molar-refractivity contribution is 5.78. The summed E-state index contributed by atoms with van der Waals surface area (Å²) < 4.78 is 10.7. The van der Waals surface area contributed by atoms with Crippen molar-refractivity contribution < 1.29 is 13.9 Å². The normalized spacial score (nSPS) is 12.2. The second-order valence-corrected chi connectivity index (χ2v) is 5.71. The lowest BCUT2D eigenvalue weighted by molar-refractivity contribution is -0.120. The average Bonchev–Trinajstić information content (AvgIpc) is 3.10. The Morgan fingerprint density at radius 3 is 2.71 bits per heavy atom. The molecule has 0 unspecified atom stereocenters. The number of carbonyl (C=O) groups is 1. The van der Waals surface area contributed by atoms with Crippen molar-refractivity contribution in [2.24, 2.45) is 0 Å². The molecule has 2 rings (SSSR count). The average molecular weight is 331 g/mol. The first kappa shape index (κ1) is 18.0. The maximum atomic E-state index is 12.0. The molecule has 6 heteroatoms. The van der Waals surface area contributed by atoms with Crippen LogP contribution in [0.5, 0.6) is 5.75 Å². The van der Waals surface area contributed by atoms with Crippen molar-refractivity contribution in [2.45, 2.75) is 12.6 Å². The second kappa shape index (κ2) is 9.10. The maximum Gasteiger partial charge on any atom is 0.234 e. The first-order chi connectivity index (χ1) is 11.6. The van der Waals surface area contributed by atoms with Crippen LogP contribution in [-0.4, -0.2) is 45.1 Å². The molecule has 2 N–H and O–H groups in total. The highest BCUT2D eigenvalue weighted by Gasteiger charge is 2.16. The van der Waals surface area contributed by atoms with Crippen LogP contribution < -0.4 is 15.4 Å². The first-order valence-corrected chi connectivity index (χ1v) is 7.91. The molecule has 0 radical (unpaired) electrons. The third-order valence-electron chi connectivity index (χ3n) is 3.79.